The summed E-state index contributed by atoms with van der Waals surface area (Å²) in [6, 6.07) is 3.62. The van der Waals surface area contributed by atoms with Gasteiger partial charge in [0, 0.05) is 0 Å². The smallest absolute Gasteiger partial charge is 0.138 e. The van der Waals surface area contributed by atoms with Gasteiger partial charge < -0.3 is 10.5 Å². The molecule has 2 rings (SSSR count). The molecule has 1 heterocycles. The predicted octanol–water partition coefficient (Wildman–Crippen LogP) is 1.60. The standard InChI is InChI=1S/C9H12N2O/c10-9-5-4-8(6-11-9)12-7-2-1-3-7/h4-7H,1-3H2,(H2,10,11). The van der Waals surface area contributed by atoms with Crippen molar-refractivity contribution in [3.05, 3.63) is 18.3 Å². The average molecular weight is 164 g/mol. The van der Waals surface area contributed by atoms with Crippen LogP contribution in [0.1, 0.15) is 19.3 Å². The molecule has 0 atom stereocenters. The lowest BCUT2D eigenvalue weighted by atomic mass is 9.96. The fourth-order valence-corrected chi connectivity index (χ4v) is 1.14. The second-order valence-electron chi connectivity index (χ2n) is 3.09. The maximum atomic E-state index is 5.59. The SMILES string of the molecule is Nc1ccc(OC2CCC2)cn1. The predicted molar refractivity (Wildman–Crippen MR) is 46.9 cm³/mol. The van der Waals surface area contributed by atoms with Crippen LogP contribution in [0.25, 0.3) is 0 Å². The normalized spacial score (nSPS) is 17.0. The van der Waals surface area contributed by atoms with Gasteiger partial charge in [-0.2, -0.15) is 0 Å². The Balaban J connectivity index is 1.98. The van der Waals surface area contributed by atoms with Crippen molar-refractivity contribution in [2.45, 2.75) is 25.4 Å². The molecule has 0 aromatic carbocycles. The average Bonchev–Trinajstić information content (AvgIpc) is 2.00. The highest BCUT2D eigenvalue weighted by molar-refractivity contribution is 5.32. The Hall–Kier alpha value is -1.25. The molecule has 64 valence electrons. The maximum Gasteiger partial charge on any atom is 0.138 e. The Morgan fingerprint density at radius 3 is 2.75 bits per heavy atom. The van der Waals surface area contributed by atoms with E-state index in [9.17, 15) is 0 Å². The fourth-order valence-electron chi connectivity index (χ4n) is 1.14. The van der Waals surface area contributed by atoms with Crippen LogP contribution in [0.5, 0.6) is 5.75 Å². The number of nitrogens with zero attached hydrogens (tertiary/aromatic N) is 1. The van der Waals surface area contributed by atoms with Crippen LogP contribution in [0, 0.1) is 0 Å². The molecule has 1 aliphatic carbocycles. The Morgan fingerprint density at radius 2 is 2.25 bits per heavy atom. The zero-order valence-corrected chi connectivity index (χ0v) is 6.86. The summed E-state index contributed by atoms with van der Waals surface area (Å²) in [4.78, 5) is 3.94. The van der Waals surface area contributed by atoms with Gasteiger partial charge in [0.1, 0.15) is 11.6 Å². The molecule has 0 radical (unpaired) electrons. The van der Waals surface area contributed by atoms with E-state index in [-0.39, 0.29) is 0 Å². The quantitative estimate of drug-likeness (QED) is 0.722. The van der Waals surface area contributed by atoms with Gasteiger partial charge in [0.05, 0.1) is 12.3 Å². The van der Waals surface area contributed by atoms with Crippen LogP contribution < -0.4 is 10.5 Å². The van der Waals surface area contributed by atoms with Gasteiger partial charge in [0.2, 0.25) is 0 Å². The minimum atomic E-state index is 0.412. The van der Waals surface area contributed by atoms with Crippen LogP contribution in [-0.2, 0) is 0 Å². The second-order valence-corrected chi connectivity index (χ2v) is 3.09. The first-order valence-corrected chi connectivity index (χ1v) is 4.23. The number of anilines is 1. The Morgan fingerprint density at radius 1 is 1.42 bits per heavy atom. The molecule has 3 heteroatoms. The number of nitrogen functional groups attached to an aromatic ring is 1. The summed E-state index contributed by atoms with van der Waals surface area (Å²) in [5.74, 6) is 1.37. The molecule has 0 amide bonds. The third-order valence-electron chi connectivity index (χ3n) is 2.11. The number of ether oxygens (including phenoxy) is 1. The largest absolute Gasteiger partial charge is 0.489 e. The summed E-state index contributed by atoms with van der Waals surface area (Å²) in [6.07, 6.45) is 5.71. The van der Waals surface area contributed by atoms with Crippen molar-refractivity contribution in [3.63, 3.8) is 0 Å². The molecule has 3 nitrogen and oxygen atoms in total. The summed E-state index contributed by atoms with van der Waals surface area (Å²) >= 11 is 0. The van der Waals surface area contributed by atoms with Crippen molar-refractivity contribution in [1.29, 1.82) is 0 Å². The van der Waals surface area contributed by atoms with Gasteiger partial charge in [0.25, 0.3) is 0 Å². The summed E-state index contributed by atoms with van der Waals surface area (Å²) in [5.41, 5.74) is 5.44. The van der Waals surface area contributed by atoms with E-state index in [2.05, 4.69) is 4.98 Å². The highest BCUT2D eigenvalue weighted by Gasteiger charge is 2.18. The maximum absolute atomic E-state index is 5.59. The van der Waals surface area contributed by atoms with Gasteiger partial charge in [-0.3, -0.25) is 0 Å². The number of hydrogen-bond donors (Lipinski definition) is 1. The number of pyridine rings is 1. The van der Waals surface area contributed by atoms with Crippen molar-refractivity contribution < 1.29 is 4.74 Å². The van der Waals surface area contributed by atoms with E-state index < -0.39 is 0 Å². The molecule has 12 heavy (non-hydrogen) atoms. The lowest BCUT2D eigenvalue weighted by Gasteiger charge is -2.26. The molecule has 0 saturated heterocycles. The van der Waals surface area contributed by atoms with E-state index in [4.69, 9.17) is 10.5 Å². The molecular weight excluding hydrogens is 152 g/mol. The zero-order chi connectivity index (χ0) is 8.39. The summed E-state index contributed by atoms with van der Waals surface area (Å²) in [6.45, 7) is 0. The van der Waals surface area contributed by atoms with E-state index >= 15 is 0 Å². The summed E-state index contributed by atoms with van der Waals surface area (Å²) < 4.78 is 5.59. The van der Waals surface area contributed by atoms with Crippen molar-refractivity contribution in [3.8, 4) is 5.75 Å². The first-order chi connectivity index (χ1) is 5.84. The Bertz CT molecular complexity index is 254. The molecule has 0 bridgehead atoms. The Kier molecular flexibility index (Phi) is 1.86. The monoisotopic (exact) mass is 164 g/mol. The molecule has 1 saturated carbocycles. The number of rotatable bonds is 2. The van der Waals surface area contributed by atoms with Gasteiger partial charge in [0.15, 0.2) is 0 Å². The molecule has 1 fully saturated rings. The minimum absolute atomic E-state index is 0.412. The first-order valence-electron chi connectivity index (χ1n) is 4.23. The van der Waals surface area contributed by atoms with Crippen molar-refractivity contribution in [2.24, 2.45) is 0 Å². The second kappa shape index (κ2) is 3.01. The van der Waals surface area contributed by atoms with E-state index in [1.165, 1.54) is 19.3 Å². The Labute approximate surface area is 71.6 Å². The van der Waals surface area contributed by atoms with Crippen LogP contribution in [0.3, 0.4) is 0 Å². The first kappa shape index (κ1) is 7.40. The molecule has 1 aromatic heterocycles. The lowest BCUT2D eigenvalue weighted by Crippen LogP contribution is -2.24. The van der Waals surface area contributed by atoms with E-state index in [0.717, 1.165) is 5.75 Å². The van der Waals surface area contributed by atoms with Gasteiger partial charge in [-0.05, 0) is 31.4 Å². The van der Waals surface area contributed by atoms with Gasteiger partial charge in [-0.15, -0.1) is 0 Å². The van der Waals surface area contributed by atoms with Crippen LogP contribution >= 0.6 is 0 Å². The van der Waals surface area contributed by atoms with E-state index in [0.29, 0.717) is 11.9 Å². The van der Waals surface area contributed by atoms with Gasteiger partial charge in [-0.25, -0.2) is 4.98 Å². The summed E-state index contributed by atoms with van der Waals surface area (Å²) in [7, 11) is 0. The molecule has 0 unspecified atom stereocenters. The lowest BCUT2D eigenvalue weighted by molar-refractivity contribution is 0.120. The number of aromatic nitrogens is 1. The highest BCUT2D eigenvalue weighted by Crippen LogP contribution is 2.24. The molecule has 0 aliphatic heterocycles. The van der Waals surface area contributed by atoms with Crippen LogP contribution in [0.2, 0.25) is 0 Å². The molecule has 1 aliphatic rings. The number of hydrogen-bond acceptors (Lipinski definition) is 3. The number of nitrogens with two attached hydrogens (primary N) is 1. The highest BCUT2D eigenvalue weighted by atomic mass is 16.5. The molecular formula is C9H12N2O. The van der Waals surface area contributed by atoms with Crippen LogP contribution in [-0.4, -0.2) is 11.1 Å². The van der Waals surface area contributed by atoms with E-state index in [1.54, 1.807) is 12.3 Å². The third kappa shape index (κ3) is 1.49. The van der Waals surface area contributed by atoms with Gasteiger partial charge >= 0.3 is 0 Å². The zero-order valence-electron chi connectivity index (χ0n) is 6.86. The van der Waals surface area contributed by atoms with Crippen molar-refractivity contribution >= 4 is 5.82 Å². The van der Waals surface area contributed by atoms with E-state index in [1.807, 2.05) is 6.07 Å². The topological polar surface area (TPSA) is 48.1 Å². The van der Waals surface area contributed by atoms with Crippen LogP contribution in [0.15, 0.2) is 18.3 Å². The molecule has 2 N–H and O–H groups in total. The van der Waals surface area contributed by atoms with Gasteiger partial charge in [-0.1, -0.05) is 0 Å². The molecule has 1 aromatic rings. The fraction of sp³-hybridized carbons (Fsp3) is 0.444. The minimum Gasteiger partial charge on any atom is -0.489 e. The van der Waals surface area contributed by atoms with Crippen molar-refractivity contribution in [2.75, 3.05) is 5.73 Å². The summed E-state index contributed by atoms with van der Waals surface area (Å²) in [5, 5.41) is 0. The molecule has 0 spiro atoms. The van der Waals surface area contributed by atoms with Crippen LogP contribution in [0.4, 0.5) is 5.82 Å². The van der Waals surface area contributed by atoms with Crippen molar-refractivity contribution in [1.82, 2.24) is 4.98 Å². The third-order valence-corrected chi connectivity index (χ3v) is 2.11.